The summed E-state index contributed by atoms with van der Waals surface area (Å²) in [7, 11) is 1.69. The van der Waals surface area contributed by atoms with Gasteiger partial charge in [0.05, 0.1) is 7.11 Å². The summed E-state index contributed by atoms with van der Waals surface area (Å²) in [6.07, 6.45) is 0.714. The van der Waals surface area contributed by atoms with Gasteiger partial charge in [-0.25, -0.2) is 0 Å². The predicted molar refractivity (Wildman–Crippen MR) is 94.6 cm³/mol. The number of para-hydroxylation sites is 1. The molecule has 0 saturated carbocycles. The number of ether oxygens (including phenoxy) is 1. The Labute approximate surface area is 143 Å². The quantitative estimate of drug-likeness (QED) is 0.569. The molecule has 5 nitrogen and oxygen atoms in total. The van der Waals surface area contributed by atoms with E-state index in [9.17, 15) is 0 Å². The van der Waals surface area contributed by atoms with Gasteiger partial charge in [0.2, 0.25) is 4.96 Å². The van der Waals surface area contributed by atoms with Crippen LogP contribution >= 0.6 is 11.3 Å². The zero-order valence-corrected chi connectivity index (χ0v) is 14.2. The van der Waals surface area contributed by atoms with Crippen LogP contribution in [0.5, 0.6) is 5.75 Å². The standard InChI is InChI=1S/C18H16N4OS/c1-12-7-9-13(10-8-12)17-19-20-18-22(17)21-16(24-18)11-14-5-3-4-6-15(14)23-2/h3-10H,11H2,1-2H3. The second kappa shape index (κ2) is 6.05. The van der Waals surface area contributed by atoms with Gasteiger partial charge in [-0.15, -0.1) is 10.2 Å². The van der Waals surface area contributed by atoms with Gasteiger partial charge < -0.3 is 4.74 Å². The lowest BCUT2D eigenvalue weighted by Crippen LogP contribution is -1.95. The molecular formula is C18H16N4OS. The number of rotatable bonds is 4. The zero-order valence-electron chi connectivity index (χ0n) is 13.4. The first-order valence-electron chi connectivity index (χ1n) is 7.64. The van der Waals surface area contributed by atoms with Crippen molar-refractivity contribution in [1.29, 1.82) is 0 Å². The van der Waals surface area contributed by atoms with Crippen molar-refractivity contribution in [2.75, 3.05) is 7.11 Å². The summed E-state index contributed by atoms with van der Waals surface area (Å²) in [5, 5.41) is 14.2. The van der Waals surface area contributed by atoms with Crippen molar-refractivity contribution >= 4 is 16.3 Å². The van der Waals surface area contributed by atoms with Gasteiger partial charge in [-0.3, -0.25) is 0 Å². The molecule has 2 aromatic carbocycles. The molecule has 120 valence electrons. The fraction of sp³-hybridized carbons (Fsp3) is 0.167. The van der Waals surface area contributed by atoms with E-state index >= 15 is 0 Å². The number of methoxy groups -OCH3 is 1. The number of benzene rings is 2. The van der Waals surface area contributed by atoms with Crippen LogP contribution in [-0.2, 0) is 6.42 Å². The van der Waals surface area contributed by atoms with Crippen molar-refractivity contribution in [3.05, 3.63) is 64.7 Å². The third-order valence-corrected chi connectivity index (χ3v) is 4.78. The molecule has 0 aliphatic rings. The maximum absolute atomic E-state index is 5.42. The Bertz CT molecular complexity index is 988. The highest BCUT2D eigenvalue weighted by atomic mass is 32.1. The number of hydrogen-bond acceptors (Lipinski definition) is 5. The lowest BCUT2D eigenvalue weighted by atomic mass is 10.1. The van der Waals surface area contributed by atoms with Crippen molar-refractivity contribution in [3.8, 4) is 17.1 Å². The fourth-order valence-corrected chi connectivity index (χ4v) is 3.48. The predicted octanol–water partition coefficient (Wildman–Crippen LogP) is 3.76. The summed E-state index contributed by atoms with van der Waals surface area (Å²) in [4.78, 5) is 0.801. The molecule has 0 bridgehead atoms. The summed E-state index contributed by atoms with van der Waals surface area (Å²) < 4.78 is 7.24. The van der Waals surface area contributed by atoms with E-state index in [-0.39, 0.29) is 0 Å². The first kappa shape index (κ1) is 14.8. The molecule has 2 heterocycles. The molecule has 0 spiro atoms. The molecule has 0 amide bonds. The van der Waals surface area contributed by atoms with Crippen molar-refractivity contribution in [1.82, 2.24) is 19.8 Å². The van der Waals surface area contributed by atoms with E-state index in [2.05, 4.69) is 35.3 Å². The van der Waals surface area contributed by atoms with Crippen LogP contribution in [0, 0.1) is 6.92 Å². The van der Waals surface area contributed by atoms with E-state index in [0.717, 1.165) is 32.7 Å². The molecule has 2 aromatic heterocycles. The smallest absolute Gasteiger partial charge is 0.234 e. The summed E-state index contributed by atoms with van der Waals surface area (Å²) in [5.74, 6) is 1.65. The van der Waals surface area contributed by atoms with E-state index in [1.165, 1.54) is 5.56 Å². The molecule has 0 aliphatic heterocycles. The van der Waals surface area contributed by atoms with Crippen LogP contribution < -0.4 is 4.74 Å². The van der Waals surface area contributed by atoms with Crippen molar-refractivity contribution in [3.63, 3.8) is 0 Å². The number of fused-ring (bicyclic) bond motifs is 1. The molecule has 0 radical (unpaired) electrons. The highest BCUT2D eigenvalue weighted by molar-refractivity contribution is 7.16. The van der Waals surface area contributed by atoms with Crippen LogP contribution in [0.15, 0.2) is 48.5 Å². The fourth-order valence-electron chi connectivity index (χ4n) is 2.62. The second-order valence-electron chi connectivity index (χ2n) is 5.57. The molecular weight excluding hydrogens is 320 g/mol. The van der Waals surface area contributed by atoms with Crippen LogP contribution in [0.4, 0.5) is 0 Å². The van der Waals surface area contributed by atoms with Gasteiger partial charge in [-0.2, -0.15) is 9.61 Å². The van der Waals surface area contributed by atoms with Crippen LogP contribution in [0.2, 0.25) is 0 Å². The first-order chi connectivity index (χ1) is 11.7. The minimum atomic E-state index is 0.714. The van der Waals surface area contributed by atoms with E-state index in [0.29, 0.717) is 6.42 Å². The minimum absolute atomic E-state index is 0.714. The number of nitrogens with zero attached hydrogens (tertiary/aromatic N) is 4. The maximum atomic E-state index is 5.42. The van der Waals surface area contributed by atoms with E-state index < -0.39 is 0 Å². The van der Waals surface area contributed by atoms with Crippen LogP contribution in [0.3, 0.4) is 0 Å². The summed E-state index contributed by atoms with van der Waals surface area (Å²) in [6.45, 7) is 2.07. The Hall–Kier alpha value is -2.73. The van der Waals surface area contributed by atoms with Crippen molar-refractivity contribution in [2.24, 2.45) is 0 Å². The lowest BCUT2D eigenvalue weighted by molar-refractivity contribution is 0.410. The first-order valence-corrected chi connectivity index (χ1v) is 8.46. The van der Waals surface area contributed by atoms with E-state index in [1.807, 2.05) is 34.8 Å². The molecule has 4 rings (SSSR count). The average Bonchev–Trinajstić information content (AvgIpc) is 3.16. The van der Waals surface area contributed by atoms with Crippen molar-refractivity contribution in [2.45, 2.75) is 13.3 Å². The normalized spacial score (nSPS) is 11.1. The molecule has 24 heavy (non-hydrogen) atoms. The van der Waals surface area contributed by atoms with Crippen LogP contribution in [0.25, 0.3) is 16.3 Å². The number of aromatic nitrogens is 4. The Morgan fingerprint density at radius 3 is 2.62 bits per heavy atom. The van der Waals surface area contributed by atoms with Crippen molar-refractivity contribution < 1.29 is 4.74 Å². The molecule has 0 N–H and O–H groups in total. The highest BCUT2D eigenvalue weighted by Gasteiger charge is 2.14. The Morgan fingerprint density at radius 2 is 1.83 bits per heavy atom. The van der Waals surface area contributed by atoms with E-state index in [1.54, 1.807) is 18.4 Å². The molecule has 0 fully saturated rings. The topological polar surface area (TPSA) is 52.3 Å². The van der Waals surface area contributed by atoms with Crippen LogP contribution in [-0.4, -0.2) is 26.9 Å². The van der Waals surface area contributed by atoms with Gasteiger partial charge >= 0.3 is 0 Å². The Balaban J connectivity index is 1.70. The minimum Gasteiger partial charge on any atom is -0.496 e. The molecule has 0 atom stereocenters. The number of aryl methyl sites for hydroxylation is 1. The monoisotopic (exact) mass is 336 g/mol. The number of hydrogen-bond donors (Lipinski definition) is 0. The molecule has 6 heteroatoms. The van der Waals surface area contributed by atoms with Gasteiger partial charge in [-0.1, -0.05) is 59.4 Å². The van der Waals surface area contributed by atoms with Gasteiger partial charge in [-0.05, 0) is 13.0 Å². The largest absolute Gasteiger partial charge is 0.496 e. The summed E-state index contributed by atoms with van der Waals surface area (Å²) in [5.41, 5.74) is 3.35. The molecule has 0 unspecified atom stereocenters. The SMILES string of the molecule is COc1ccccc1Cc1nn2c(-c3ccc(C)cc3)nnc2s1. The highest BCUT2D eigenvalue weighted by Crippen LogP contribution is 2.26. The third kappa shape index (κ3) is 2.65. The van der Waals surface area contributed by atoms with Gasteiger partial charge in [0.15, 0.2) is 5.82 Å². The van der Waals surface area contributed by atoms with Gasteiger partial charge in [0.1, 0.15) is 10.8 Å². The lowest BCUT2D eigenvalue weighted by Gasteiger charge is -2.05. The average molecular weight is 336 g/mol. The van der Waals surface area contributed by atoms with Gasteiger partial charge in [0, 0.05) is 17.5 Å². The third-order valence-electron chi connectivity index (χ3n) is 3.88. The van der Waals surface area contributed by atoms with Crippen LogP contribution in [0.1, 0.15) is 16.1 Å². The molecule has 0 aliphatic carbocycles. The van der Waals surface area contributed by atoms with E-state index in [4.69, 9.17) is 9.84 Å². The summed E-state index contributed by atoms with van der Waals surface area (Å²) >= 11 is 1.55. The molecule has 0 saturated heterocycles. The maximum Gasteiger partial charge on any atom is 0.234 e. The Morgan fingerprint density at radius 1 is 1.04 bits per heavy atom. The van der Waals surface area contributed by atoms with Gasteiger partial charge in [0.25, 0.3) is 0 Å². The zero-order chi connectivity index (χ0) is 16.5. The Kier molecular flexibility index (Phi) is 3.74. The molecule has 4 aromatic rings. The second-order valence-corrected chi connectivity index (χ2v) is 6.61. The summed E-state index contributed by atoms with van der Waals surface area (Å²) in [6, 6.07) is 16.2.